The van der Waals surface area contributed by atoms with Crippen molar-refractivity contribution in [1.29, 1.82) is 0 Å². The maximum atomic E-state index is 5.06. The minimum Gasteiger partial charge on any atom is -0.311 e. The molecular formula is C37H26N2. The average molecular weight is 499 g/mol. The van der Waals surface area contributed by atoms with E-state index in [9.17, 15) is 0 Å². The predicted octanol–water partition coefficient (Wildman–Crippen LogP) is 10.4. The third kappa shape index (κ3) is 4.32. The molecule has 0 amide bonds. The highest BCUT2D eigenvalue weighted by Crippen LogP contribution is 2.39. The summed E-state index contributed by atoms with van der Waals surface area (Å²) in [5, 5.41) is 7.33. The Balaban J connectivity index is 1.30. The third-order valence-electron chi connectivity index (χ3n) is 7.26. The van der Waals surface area contributed by atoms with Crippen molar-refractivity contribution in [1.82, 2.24) is 0 Å². The van der Waals surface area contributed by atoms with Gasteiger partial charge in [-0.15, -0.1) is 0 Å². The van der Waals surface area contributed by atoms with E-state index >= 15 is 0 Å². The molecule has 0 saturated heterocycles. The fourth-order valence-electron chi connectivity index (χ4n) is 5.42. The van der Waals surface area contributed by atoms with Crippen molar-refractivity contribution in [3.63, 3.8) is 0 Å². The van der Waals surface area contributed by atoms with Gasteiger partial charge in [-0.05, 0) is 75.0 Å². The first-order chi connectivity index (χ1) is 19.3. The Hall–Kier alpha value is -5.21. The molecular weight excluding hydrogens is 472 g/mol. The molecule has 7 aromatic carbocycles. The number of aliphatic imine (C=N–C) groups is 1. The first-order valence-corrected chi connectivity index (χ1v) is 13.2. The fraction of sp³-hybridized carbons (Fsp3) is 0. The summed E-state index contributed by atoms with van der Waals surface area (Å²) < 4.78 is 0. The number of hydrogen-bond acceptors (Lipinski definition) is 2. The summed E-state index contributed by atoms with van der Waals surface area (Å²) in [7, 11) is 0. The van der Waals surface area contributed by atoms with E-state index in [4.69, 9.17) is 4.99 Å². The monoisotopic (exact) mass is 498 g/mol. The van der Waals surface area contributed by atoms with Crippen LogP contribution < -0.4 is 4.90 Å². The summed E-state index contributed by atoms with van der Waals surface area (Å²) in [6.07, 6.45) is 1.98. The molecule has 0 aromatic heterocycles. The summed E-state index contributed by atoms with van der Waals surface area (Å²) in [5.41, 5.74) is 5.40. The normalized spacial score (nSPS) is 11.5. The SMILES string of the molecule is C(=Nc1cc2ccccc2c2ccc3ccccc3c12)c1ccc(N(c2ccccc2)c2ccccc2)cc1. The zero-order valence-corrected chi connectivity index (χ0v) is 21.4. The summed E-state index contributed by atoms with van der Waals surface area (Å²) in [6, 6.07) is 53.3. The van der Waals surface area contributed by atoms with Gasteiger partial charge in [-0.25, -0.2) is 0 Å². The molecule has 0 saturated carbocycles. The quantitative estimate of drug-likeness (QED) is 0.170. The minimum absolute atomic E-state index is 0.986. The van der Waals surface area contributed by atoms with Crippen LogP contribution in [0.3, 0.4) is 0 Å². The van der Waals surface area contributed by atoms with E-state index in [1.165, 1.54) is 32.3 Å². The van der Waals surface area contributed by atoms with E-state index in [2.05, 4.69) is 144 Å². The molecule has 0 aliphatic rings. The molecule has 0 radical (unpaired) electrons. The van der Waals surface area contributed by atoms with Gasteiger partial charge in [0.25, 0.3) is 0 Å². The zero-order valence-electron chi connectivity index (χ0n) is 21.4. The fourth-order valence-corrected chi connectivity index (χ4v) is 5.42. The van der Waals surface area contributed by atoms with Gasteiger partial charge >= 0.3 is 0 Å². The summed E-state index contributed by atoms with van der Waals surface area (Å²) >= 11 is 0. The number of para-hydroxylation sites is 2. The van der Waals surface area contributed by atoms with Crippen molar-refractivity contribution >= 4 is 61.3 Å². The van der Waals surface area contributed by atoms with Gasteiger partial charge in [0.15, 0.2) is 0 Å². The van der Waals surface area contributed by atoms with Crippen LogP contribution in [0, 0.1) is 0 Å². The molecule has 0 unspecified atom stereocenters. The second-order valence-corrected chi connectivity index (χ2v) is 9.68. The molecule has 7 aromatic rings. The summed E-state index contributed by atoms with van der Waals surface area (Å²) in [5.74, 6) is 0. The lowest BCUT2D eigenvalue weighted by atomic mass is 9.95. The van der Waals surface area contributed by atoms with Crippen molar-refractivity contribution in [2.45, 2.75) is 0 Å². The van der Waals surface area contributed by atoms with E-state index in [1.54, 1.807) is 0 Å². The molecule has 0 heterocycles. The third-order valence-corrected chi connectivity index (χ3v) is 7.26. The Morgan fingerprint density at radius 1 is 0.436 bits per heavy atom. The Labute approximate surface area is 228 Å². The van der Waals surface area contributed by atoms with Crippen molar-refractivity contribution in [2.75, 3.05) is 4.90 Å². The van der Waals surface area contributed by atoms with Crippen LogP contribution in [0.5, 0.6) is 0 Å². The summed E-state index contributed by atoms with van der Waals surface area (Å²) in [4.78, 5) is 7.32. The molecule has 0 aliphatic carbocycles. The Kier molecular flexibility index (Phi) is 5.84. The van der Waals surface area contributed by atoms with Crippen LogP contribution >= 0.6 is 0 Å². The first kappa shape index (κ1) is 22.9. The second-order valence-electron chi connectivity index (χ2n) is 9.68. The van der Waals surface area contributed by atoms with Crippen molar-refractivity contribution in [3.05, 3.63) is 157 Å². The highest BCUT2D eigenvalue weighted by molar-refractivity contribution is 6.22. The van der Waals surface area contributed by atoms with E-state index in [0.717, 1.165) is 28.3 Å². The number of fused-ring (bicyclic) bond motifs is 5. The number of nitrogens with zero attached hydrogens (tertiary/aromatic N) is 2. The topological polar surface area (TPSA) is 15.6 Å². The van der Waals surface area contributed by atoms with Crippen LogP contribution in [-0.4, -0.2) is 6.21 Å². The van der Waals surface area contributed by atoms with E-state index in [0.29, 0.717) is 0 Å². The van der Waals surface area contributed by atoms with E-state index in [1.807, 2.05) is 18.3 Å². The molecule has 184 valence electrons. The standard InChI is InChI=1S/C37H26N2/c1-3-13-30(14-4-1)39(31-15-5-2-6-16-31)32-22-19-27(20-23-32)26-38-36-25-29-12-8-9-17-33(29)35-24-21-28-11-7-10-18-34(28)37(35)36/h1-26H. The lowest BCUT2D eigenvalue weighted by Crippen LogP contribution is -2.09. The summed E-state index contributed by atoms with van der Waals surface area (Å²) in [6.45, 7) is 0. The molecule has 39 heavy (non-hydrogen) atoms. The highest BCUT2D eigenvalue weighted by Gasteiger charge is 2.12. The molecule has 2 heteroatoms. The van der Waals surface area contributed by atoms with Crippen molar-refractivity contribution < 1.29 is 0 Å². The minimum atomic E-state index is 0.986. The van der Waals surface area contributed by atoms with Gasteiger partial charge in [-0.3, -0.25) is 4.99 Å². The molecule has 0 bridgehead atoms. The second kappa shape index (κ2) is 9.92. The molecule has 0 fully saturated rings. The zero-order chi connectivity index (χ0) is 26.0. The Morgan fingerprint density at radius 3 is 1.69 bits per heavy atom. The number of benzene rings is 7. The van der Waals surface area contributed by atoms with Gasteiger partial charge in [0.1, 0.15) is 0 Å². The van der Waals surface area contributed by atoms with Gasteiger partial charge in [0.05, 0.1) is 5.69 Å². The smallest absolute Gasteiger partial charge is 0.0720 e. The van der Waals surface area contributed by atoms with Crippen LogP contribution in [0.2, 0.25) is 0 Å². The van der Waals surface area contributed by atoms with Crippen LogP contribution in [-0.2, 0) is 0 Å². The first-order valence-electron chi connectivity index (χ1n) is 13.2. The van der Waals surface area contributed by atoms with Gasteiger partial charge in [-0.1, -0.05) is 109 Å². The molecule has 0 N–H and O–H groups in total. The molecule has 0 spiro atoms. The Bertz CT molecular complexity index is 1900. The van der Waals surface area contributed by atoms with Gasteiger partial charge in [0, 0.05) is 28.7 Å². The van der Waals surface area contributed by atoms with Gasteiger partial charge in [0.2, 0.25) is 0 Å². The van der Waals surface area contributed by atoms with Crippen LogP contribution in [0.15, 0.2) is 157 Å². The van der Waals surface area contributed by atoms with Crippen LogP contribution in [0.1, 0.15) is 5.56 Å². The van der Waals surface area contributed by atoms with Crippen molar-refractivity contribution in [3.8, 4) is 0 Å². The van der Waals surface area contributed by atoms with Gasteiger partial charge < -0.3 is 4.90 Å². The maximum Gasteiger partial charge on any atom is 0.0720 e. The number of rotatable bonds is 5. The molecule has 2 nitrogen and oxygen atoms in total. The molecule has 0 aliphatic heterocycles. The van der Waals surface area contributed by atoms with E-state index < -0.39 is 0 Å². The maximum absolute atomic E-state index is 5.06. The van der Waals surface area contributed by atoms with Crippen LogP contribution in [0.25, 0.3) is 32.3 Å². The molecule has 7 rings (SSSR count). The lowest BCUT2D eigenvalue weighted by molar-refractivity contribution is 1.28. The average Bonchev–Trinajstić information content (AvgIpc) is 3.01. The number of hydrogen-bond donors (Lipinski definition) is 0. The lowest BCUT2D eigenvalue weighted by Gasteiger charge is -2.25. The molecule has 0 atom stereocenters. The largest absolute Gasteiger partial charge is 0.311 e. The van der Waals surface area contributed by atoms with E-state index in [-0.39, 0.29) is 0 Å². The van der Waals surface area contributed by atoms with Gasteiger partial charge in [-0.2, -0.15) is 0 Å². The van der Waals surface area contributed by atoms with Crippen LogP contribution in [0.4, 0.5) is 22.7 Å². The predicted molar refractivity (Wildman–Crippen MR) is 167 cm³/mol. The number of anilines is 3. The Morgan fingerprint density at radius 2 is 1.00 bits per heavy atom. The highest BCUT2D eigenvalue weighted by atomic mass is 15.1. The van der Waals surface area contributed by atoms with Crippen molar-refractivity contribution in [2.24, 2.45) is 4.99 Å².